The number of amides is 1. The molecule has 0 unspecified atom stereocenters. The predicted octanol–water partition coefficient (Wildman–Crippen LogP) is 6.38. The SMILES string of the molecule is Cc1cc(Cl)ccc1OCc1cccc(C(=O)Nc2cnn(Cc3ccccc3Cl)c2)c1. The quantitative estimate of drug-likeness (QED) is 0.344. The molecule has 0 bridgehead atoms. The van der Waals surface area contributed by atoms with Gasteiger partial charge >= 0.3 is 0 Å². The summed E-state index contributed by atoms with van der Waals surface area (Å²) in [7, 11) is 0. The molecule has 4 rings (SSSR count). The van der Waals surface area contributed by atoms with Gasteiger partial charge in [-0.2, -0.15) is 5.10 Å². The van der Waals surface area contributed by atoms with Crippen LogP contribution in [0.3, 0.4) is 0 Å². The number of nitrogens with zero attached hydrogens (tertiary/aromatic N) is 2. The van der Waals surface area contributed by atoms with E-state index in [-0.39, 0.29) is 5.91 Å². The number of hydrogen-bond donors (Lipinski definition) is 1. The van der Waals surface area contributed by atoms with Gasteiger partial charge in [0.2, 0.25) is 0 Å². The summed E-state index contributed by atoms with van der Waals surface area (Å²) in [5.74, 6) is 0.544. The second-order valence-corrected chi connectivity index (χ2v) is 8.21. The monoisotopic (exact) mass is 465 g/mol. The van der Waals surface area contributed by atoms with E-state index in [9.17, 15) is 4.79 Å². The van der Waals surface area contributed by atoms with Crippen LogP contribution < -0.4 is 10.1 Å². The van der Waals surface area contributed by atoms with E-state index in [0.29, 0.717) is 34.4 Å². The van der Waals surface area contributed by atoms with Crippen LogP contribution in [0, 0.1) is 6.92 Å². The molecule has 1 heterocycles. The first-order chi connectivity index (χ1) is 15.5. The fourth-order valence-electron chi connectivity index (χ4n) is 3.26. The molecule has 7 heteroatoms. The summed E-state index contributed by atoms with van der Waals surface area (Å²) < 4.78 is 7.62. The van der Waals surface area contributed by atoms with E-state index in [1.165, 1.54) is 0 Å². The molecule has 1 amide bonds. The zero-order valence-electron chi connectivity index (χ0n) is 17.4. The van der Waals surface area contributed by atoms with Gasteiger partial charge in [0, 0.05) is 21.8 Å². The van der Waals surface area contributed by atoms with Crippen molar-refractivity contribution in [2.75, 3.05) is 5.32 Å². The number of aryl methyl sites for hydroxylation is 1. The first kappa shape index (κ1) is 21.9. The highest BCUT2D eigenvalue weighted by Crippen LogP contribution is 2.23. The van der Waals surface area contributed by atoms with Crippen LogP contribution >= 0.6 is 23.2 Å². The average molecular weight is 466 g/mol. The Morgan fingerprint density at radius 2 is 1.91 bits per heavy atom. The molecule has 0 saturated carbocycles. The number of nitrogens with one attached hydrogen (secondary N) is 1. The number of hydrogen-bond acceptors (Lipinski definition) is 3. The normalized spacial score (nSPS) is 10.7. The van der Waals surface area contributed by atoms with E-state index >= 15 is 0 Å². The van der Waals surface area contributed by atoms with Crippen molar-refractivity contribution in [1.82, 2.24) is 9.78 Å². The predicted molar refractivity (Wildman–Crippen MR) is 128 cm³/mol. The molecular weight excluding hydrogens is 445 g/mol. The van der Waals surface area contributed by atoms with E-state index in [0.717, 1.165) is 22.4 Å². The minimum atomic E-state index is -0.216. The molecule has 0 spiro atoms. The minimum Gasteiger partial charge on any atom is -0.489 e. The molecule has 4 aromatic rings. The Labute approximate surface area is 196 Å². The molecule has 0 aliphatic carbocycles. The summed E-state index contributed by atoms with van der Waals surface area (Å²) in [6.45, 7) is 2.81. The van der Waals surface area contributed by atoms with Gasteiger partial charge in [-0.15, -0.1) is 0 Å². The zero-order valence-corrected chi connectivity index (χ0v) is 18.9. The lowest BCUT2D eigenvalue weighted by Gasteiger charge is -2.10. The average Bonchev–Trinajstić information content (AvgIpc) is 3.21. The van der Waals surface area contributed by atoms with Crippen molar-refractivity contribution in [1.29, 1.82) is 0 Å². The lowest BCUT2D eigenvalue weighted by atomic mass is 10.1. The van der Waals surface area contributed by atoms with Crippen LogP contribution in [0.4, 0.5) is 5.69 Å². The van der Waals surface area contributed by atoms with Crippen molar-refractivity contribution in [2.45, 2.75) is 20.1 Å². The fraction of sp³-hybridized carbons (Fsp3) is 0.120. The summed E-state index contributed by atoms with van der Waals surface area (Å²) in [5, 5.41) is 8.54. The highest BCUT2D eigenvalue weighted by Gasteiger charge is 2.10. The van der Waals surface area contributed by atoms with Gasteiger partial charge in [-0.1, -0.05) is 53.5 Å². The molecule has 162 valence electrons. The van der Waals surface area contributed by atoms with Gasteiger partial charge in [0.25, 0.3) is 5.91 Å². The molecule has 32 heavy (non-hydrogen) atoms. The maximum absolute atomic E-state index is 12.7. The minimum absolute atomic E-state index is 0.216. The Morgan fingerprint density at radius 3 is 2.72 bits per heavy atom. The van der Waals surface area contributed by atoms with Crippen LogP contribution in [-0.2, 0) is 13.2 Å². The van der Waals surface area contributed by atoms with E-state index < -0.39 is 0 Å². The fourth-order valence-corrected chi connectivity index (χ4v) is 3.68. The van der Waals surface area contributed by atoms with E-state index in [2.05, 4.69) is 10.4 Å². The van der Waals surface area contributed by atoms with Gasteiger partial charge < -0.3 is 10.1 Å². The number of aromatic nitrogens is 2. The number of benzene rings is 3. The molecule has 0 fully saturated rings. The van der Waals surface area contributed by atoms with Crippen molar-refractivity contribution in [3.8, 4) is 5.75 Å². The zero-order chi connectivity index (χ0) is 22.5. The standard InChI is InChI=1S/C25H21Cl2N3O2/c1-17-11-21(26)9-10-24(17)32-16-18-5-4-7-19(12-18)25(31)29-22-13-28-30(15-22)14-20-6-2-3-8-23(20)27/h2-13,15H,14,16H2,1H3,(H,29,31). The molecular formula is C25H21Cl2N3O2. The first-order valence-electron chi connectivity index (χ1n) is 10.0. The molecule has 5 nitrogen and oxygen atoms in total. The summed E-state index contributed by atoms with van der Waals surface area (Å²) >= 11 is 12.2. The first-order valence-corrected chi connectivity index (χ1v) is 10.8. The smallest absolute Gasteiger partial charge is 0.255 e. The Kier molecular flexibility index (Phi) is 6.78. The van der Waals surface area contributed by atoms with Crippen molar-refractivity contribution in [3.05, 3.63) is 111 Å². The Morgan fingerprint density at radius 1 is 1.06 bits per heavy atom. The molecule has 1 N–H and O–H groups in total. The number of carbonyl (C=O) groups excluding carboxylic acids is 1. The van der Waals surface area contributed by atoms with Crippen molar-refractivity contribution >= 4 is 34.8 Å². The van der Waals surface area contributed by atoms with Crippen LogP contribution in [0.1, 0.15) is 27.0 Å². The van der Waals surface area contributed by atoms with Crippen LogP contribution in [0.25, 0.3) is 0 Å². The second-order valence-electron chi connectivity index (χ2n) is 7.37. The van der Waals surface area contributed by atoms with E-state index in [4.69, 9.17) is 27.9 Å². The van der Waals surface area contributed by atoms with Gasteiger partial charge in [0.05, 0.1) is 18.4 Å². The largest absolute Gasteiger partial charge is 0.489 e. The third-order valence-electron chi connectivity index (χ3n) is 4.90. The maximum atomic E-state index is 12.7. The third-order valence-corrected chi connectivity index (χ3v) is 5.51. The summed E-state index contributed by atoms with van der Waals surface area (Å²) in [6.07, 6.45) is 3.39. The Hall–Kier alpha value is -3.28. The highest BCUT2D eigenvalue weighted by atomic mass is 35.5. The van der Waals surface area contributed by atoms with Crippen molar-refractivity contribution < 1.29 is 9.53 Å². The topological polar surface area (TPSA) is 56.1 Å². The van der Waals surface area contributed by atoms with Crippen molar-refractivity contribution in [3.63, 3.8) is 0 Å². The van der Waals surface area contributed by atoms with Crippen LogP contribution in [-0.4, -0.2) is 15.7 Å². The number of rotatable bonds is 7. The van der Waals surface area contributed by atoms with E-state index in [1.54, 1.807) is 29.2 Å². The number of carbonyl (C=O) groups is 1. The molecule has 0 atom stereocenters. The molecule has 0 radical (unpaired) electrons. The summed E-state index contributed by atoms with van der Waals surface area (Å²) in [5.41, 5.74) is 3.96. The van der Waals surface area contributed by atoms with E-state index in [1.807, 2.05) is 61.5 Å². The van der Waals surface area contributed by atoms with Crippen molar-refractivity contribution in [2.24, 2.45) is 0 Å². The molecule has 1 aromatic heterocycles. The van der Waals surface area contributed by atoms with Crippen LogP contribution in [0.15, 0.2) is 79.1 Å². The molecule has 0 aliphatic heterocycles. The third kappa shape index (κ3) is 5.49. The van der Waals surface area contributed by atoms with Gasteiger partial charge in [-0.3, -0.25) is 9.48 Å². The lowest BCUT2D eigenvalue weighted by Crippen LogP contribution is -2.12. The van der Waals surface area contributed by atoms with Gasteiger partial charge in [-0.05, 0) is 60.0 Å². The van der Waals surface area contributed by atoms with Gasteiger partial charge in [0.15, 0.2) is 0 Å². The van der Waals surface area contributed by atoms with Crippen LogP contribution in [0.5, 0.6) is 5.75 Å². The lowest BCUT2D eigenvalue weighted by molar-refractivity contribution is 0.102. The summed E-state index contributed by atoms with van der Waals surface area (Å²) in [4.78, 5) is 12.7. The Bertz CT molecular complexity index is 1250. The summed E-state index contributed by atoms with van der Waals surface area (Å²) in [6, 6.07) is 20.4. The Balaban J connectivity index is 1.39. The molecule has 3 aromatic carbocycles. The number of halogens is 2. The molecule has 0 saturated heterocycles. The van der Waals surface area contributed by atoms with Gasteiger partial charge in [0.1, 0.15) is 12.4 Å². The molecule has 0 aliphatic rings. The second kappa shape index (κ2) is 9.90. The number of ether oxygens (including phenoxy) is 1. The highest BCUT2D eigenvalue weighted by molar-refractivity contribution is 6.31. The van der Waals surface area contributed by atoms with Gasteiger partial charge in [-0.25, -0.2) is 0 Å². The maximum Gasteiger partial charge on any atom is 0.255 e. The van der Waals surface area contributed by atoms with Crippen LogP contribution in [0.2, 0.25) is 10.0 Å². The number of anilines is 1.